The van der Waals surface area contributed by atoms with Gasteiger partial charge in [0.15, 0.2) is 5.03 Å². The van der Waals surface area contributed by atoms with E-state index in [0.29, 0.717) is 35.9 Å². The average Bonchev–Trinajstić information content (AvgIpc) is 2.85. The summed E-state index contributed by atoms with van der Waals surface area (Å²) in [6.07, 6.45) is -0.517. The molecule has 3 rings (SSSR count). The van der Waals surface area contributed by atoms with Gasteiger partial charge in [0.25, 0.3) is 15.9 Å². The topological polar surface area (TPSA) is 117 Å². The molecule has 1 amide bonds. The zero-order chi connectivity index (χ0) is 27.9. The number of benzene rings is 1. The first-order valence-electron chi connectivity index (χ1n) is 12.2. The summed E-state index contributed by atoms with van der Waals surface area (Å²) >= 11 is 0. The van der Waals surface area contributed by atoms with E-state index in [9.17, 15) is 17.6 Å². The summed E-state index contributed by atoms with van der Waals surface area (Å²) in [7, 11) is -4.26. The maximum Gasteiger partial charge on any atom is 0.281 e. The largest absolute Gasteiger partial charge is 0.493 e. The number of rotatable bonds is 12. The molecule has 1 atom stereocenters. The molecule has 2 heterocycles. The van der Waals surface area contributed by atoms with Gasteiger partial charge in [0, 0.05) is 26.8 Å². The molecule has 0 saturated heterocycles. The van der Waals surface area contributed by atoms with E-state index in [1.165, 1.54) is 36.4 Å². The minimum absolute atomic E-state index is 0. The molecule has 0 aliphatic carbocycles. The second kappa shape index (κ2) is 12.8. The van der Waals surface area contributed by atoms with Crippen LogP contribution in [-0.2, 0) is 14.8 Å². The molecule has 0 spiro atoms. The number of sulfonamides is 1. The standard InChI is InChI=1S/C27H32FN3O6S.2H2/c1-6-35-16-19(5)37-27-23(26(32)31-38(33,34)25-9-7-8-18(4)29-25)10-11-24(30-27)20-12-21(28)14-22(13-20)36-15-17(2)3;;/h7-14,17,19H,6,15-16H2,1-5H3,(H,31,32);2*1H. The normalized spacial score (nSPS) is 12.3. The zero-order valence-corrected chi connectivity index (χ0v) is 22.8. The molecule has 1 aromatic carbocycles. The summed E-state index contributed by atoms with van der Waals surface area (Å²) in [5.74, 6) is -1.02. The number of halogens is 1. The first-order chi connectivity index (χ1) is 18.0. The first-order valence-corrected chi connectivity index (χ1v) is 13.7. The highest BCUT2D eigenvalue weighted by molar-refractivity contribution is 7.90. The van der Waals surface area contributed by atoms with Crippen molar-refractivity contribution in [3.05, 3.63) is 65.6 Å². The fraction of sp³-hybridized carbons (Fsp3) is 0.370. The van der Waals surface area contributed by atoms with Crippen LogP contribution in [-0.4, -0.2) is 50.2 Å². The number of aryl methyl sites for hydroxylation is 1. The van der Waals surface area contributed by atoms with Crippen molar-refractivity contribution in [3.8, 4) is 22.9 Å². The number of aromatic nitrogens is 2. The highest BCUT2D eigenvalue weighted by Gasteiger charge is 2.25. The number of hydrogen-bond acceptors (Lipinski definition) is 8. The zero-order valence-electron chi connectivity index (χ0n) is 22.0. The van der Waals surface area contributed by atoms with Crippen molar-refractivity contribution in [2.75, 3.05) is 19.8 Å². The van der Waals surface area contributed by atoms with Gasteiger partial charge < -0.3 is 14.2 Å². The summed E-state index contributed by atoms with van der Waals surface area (Å²) in [4.78, 5) is 21.5. The number of carbonyl (C=O) groups excluding carboxylic acids is 1. The van der Waals surface area contributed by atoms with Gasteiger partial charge in [0.05, 0.1) is 18.9 Å². The smallest absolute Gasteiger partial charge is 0.281 e. The lowest BCUT2D eigenvalue weighted by molar-refractivity contribution is 0.0624. The van der Waals surface area contributed by atoms with Crippen LogP contribution < -0.4 is 14.2 Å². The Morgan fingerprint density at radius 2 is 1.84 bits per heavy atom. The van der Waals surface area contributed by atoms with E-state index in [0.717, 1.165) is 0 Å². The fourth-order valence-electron chi connectivity index (χ4n) is 3.33. The molecule has 3 aromatic rings. The quantitative estimate of drug-likeness (QED) is 0.334. The lowest BCUT2D eigenvalue weighted by Crippen LogP contribution is -2.32. The minimum atomic E-state index is -4.26. The van der Waals surface area contributed by atoms with Gasteiger partial charge in [-0.05, 0) is 63.1 Å². The third-order valence-corrected chi connectivity index (χ3v) is 6.32. The summed E-state index contributed by atoms with van der Waals surface area (Å²) in [5.41, 5.74) is 1.06. The number of nitrogens with zero attached hydrogens (tertiary/aromatic N) is 2. The van der Waals surface area contributed by atoms with Crippen molar-refractivity contribution < 1.29 is 34.7 Å². The van der Waals surface area contributed by atoms with Crippen molar-refractivity contribution in [2.45, 2.75) is 45.7 Å². The molecule has 208 valence electrons. The summed E-state index contributed by atoms with van der Waals surface area (Å²) in [6.45, 7) is 10.2. The molecule has 38 heavy (non-hydrogen) atoms. The molecule has 1 N–H and O–H groups in total. The van der Waals surface area contributed by atoms with Crippen LogP contribution in [0.25, 0.3) is 11.3 Å². The Morgan fingerprint density at radius 3 is 2.53 bits per heavy atom. The van der Waals surface area contributed by atoms with E-state index in [1.54, 1.807) is 26.0 Å². The van der Waals surface area contributed by atoms with Crippen LogP contribution in [0, 0.1) is 18.7 Å². The lowest BCUT2D eigenvalue weighted by atomic mass is 10.1. The van der Waals surface area contributed by atoms with Crippen LogP contribution in [0.4, 0.5) is 4.39 Å². The molecule has 0 aliphatic rings. The van der Waals surface area contributed by atoms with E-state index in [2.05, 4.69) is 9.97 Å². The van der Waals surface area contributed by atoms with Gasteiger partial charge in [0.1, 0.15) is 23.2 Å². The second-order valence-corrected chi connectivity index (χ2v) is 10.7. The Labute approximate surface area is 225 Å². The number of nitrogens with one attached hydrogen (secondary N) is 1. The number of ether oxygens (including phenoxy) is 3. The van der Waals surface area contributed by atoms with Gasteiger partial charge in [-0.2, -0.15) is 8.42 Å². The fourth-order valence-corrected chi connectivity index (χ4v) is 4.31. The van der Waals surface area contributed by atoms with Crippen LogP contribution in [0.1, 0.15) is 46.6 Å². The van der Waals surface area contributed by atoms with Gasteiger partial charge >= 0.3 is 0 Å². The van der Waals surface area contributed by atoms with E-state index in [4.69, 9.17) is 14.2 Å². The minimum Gasteiger partial charge on any atom is -0.493 e. The van der Waals surface area contributed by atoms with Gasteiger partial charge in [-0.3, -0.25) is 4.79 Å². The van der Waals surface area contributed by atoms with Crippen LogP contribution in [0.15, 0.2) is 53.6 Å². The number of pyridine rings is 2. The average molecular weight is 550 g/mol. The van der Waals surface area contributed by atoms with E-state index >= 15 is 0 Å². The first kappa shape index (κ1) is 29.0. The van der Waals surface area contributed by atoms with Gasteiger partial charge in [0.2, 0.25) is 5.88 Å². The number of carbonyl (C=O) groups is 1. The number of hydrogen-bond donors (Lipinski definition) is 1. The highest BCUT2D eigenvalue weighted by Crippen LogP contribution is 2.28. The second-order valence-electron chi connectivity index (χ2n) is 9.07. The van der Waals surface area contributed by atoms with Crippen molar-refractivity contribution >= 4 is 15.9 Å². The number of amides is 1. The van der Waals surface area contributed by atoms with E-state index in [-0.39, 0.29) is 31.8 Å². The summed E-state index contributed by atoms with van der Waals surface area (Å²) < 4.78 is 58.9. The molecule has 0 radical (unpaired) electrons. The van der Waals surface area contributed by atoms with Crippen LogP contribution in [0.2, 0.25) is 0 Å². The van der Waals surface area contributed by atoms with Crippen molar-refractivity contribution in [1.82, 2.24) is 14.7 Å². The van der Waals surface area contributed by atoms with E-state index < -0.39 is 27.9 Å². The Hall–Kier alpha value is -3.57. The molecule has 0 bridgehead atoms. The molecular formula is C27H36FN3O6S. The molecular weight excluding hydrogens is 513 g/mol. The molecule has 2 aromatic heterocycles. The van der Waals surface area contributed by atoms with Crippen molar-refractivity contribution in [2.24, 2.45) is 5.92 Å². The summed E-state index contributed by atoms with van der Waals surface area (Å²) in [5, 5.41) is -0.295. The van der Waals surface area contributed by atoms with Crippen LogP contribution >= 0.6 is 0 Å². The van der Waals surface area contributed by atoms with E-state index in [1.807, 2.05) is 25.5 Å². The SMILES string of the molecule is CCOCC(C)Oc1nc(-c2cc(F)cc(OCC(C)C)c2)ccc1C(=O)NS(=O)(=O)c1cccc(C)n1.[HH].[HH]. The maximum atomic E-state index is 14.4. The summed E-state index contributed by atoms with van der Waals surface area (Å²) in [6, 6.07) is 11.5. The molecule has 0 saturated carbocycles. The van der Waals surface area contributed by atoms with Crippen molar-refractivity contribution in [1.29, 1.82) is 0 Å². The Kier molecular flexibility index (Phi) is 9.76. The molecule has 0 fully saturated rings. The molecule has 0 aliphatic heterocycles. The Bertz CT molecular complexity index is 1390. The monoisotopic (exact) mass is 549 g/mol. The maximum absolute atomic E-state index is 14.4. The Balaban J connectivity index is 0.00000400. The van der Waals surface area contributed by atoms with Crippen LogP contribution in [0.3, 0.4) is 0 Å². The molecule has 9 nitrogen and oxygen atoms in total. The predicted octanol–water partition coefficient (Wildman–Crippen LogP) is 5.04. The molecule has 11 heteroatoms. The van der Waals surface area contributed by atoms with Gasteiger partial charge in [-0.1, -0.05) is 19.9 Å². The third kappa shape index (κ3) is 7.96. The highest BCUT2D eigenvalue weighted by atomic mass is 32.2. The van der Waals surface area contributed by atoms with Gasteiger partial charge in [-0.15, -0.1) is 0 Å². The third-order valence-electron chi connectivity index (χ3n) is 5.09. The predicted molar refractivity (Wildman–Crippen MR) is 144 cm³/mol. The van der Waals surface area contributed by atoms with Gasteiger partial charge in [-0.25, -0.2) is 19.1 Å². The van der Waals surface area contributed by atoms with Crippen LogP contribution in [0.5, 0.6) is 11.6 Å². The lowest BCUT2D eigenvalue weighted by Gasteiger charge is -2.17. The molecule has 1 unspecified atom stereocenters. The Morgan fingerprint density at radius 1 is 1.08 bits per heavy atom. The van der Waals surface area contributed by atoms with Crippen molar-refractivity contribution in [3.63, 3.8) is 0 Å².